The summed E-state index contributed by atoms with van der Waals surface area (Å²) in [6.07, 6.45) is 0. The summed E-state index contributed by atoms with van der Waals surface area (Å²) < 4.78 is 0. The first kappa shape index (κ1) is 0. The van der Waals surface area contributed by atoms with E-state index in [1.807, 2.05) is 0 Å². The van der Waals surface area contributed by atoms with Crippen molar-refractivity contribution in [3.63, 3.8) is 0 Å². The molecule has 0 aliphatic carbocycles. The van der Waals surface area contributed by atoms with E-state index in [1.165, 1.54) is 0 Å². The van der Waals surface area contributed by atoms with Gasteiger partial charge in [0.2, 0.25) is 0 Å². The molecule has 78 valence electrons. The van der Waals surface area contributed by atoms with Gasteiger partial charge in [-0.1, -0.05) is 66.8 Å². The maximum absolute atomic E-state index is 0. The van der Waals surface area contributed by atoms with Gasteiger partial charge in [-0.15, -0.1) is 0 Å². The van der Waals surface area contributed by atoms with Crippen LogP contribution < -0.4 is 0 Å². The molecule has 9 heavy (non-hydrogen) atoms. The van der Waals surface area contributed by atoms with Crippen LogP contribution >= 0.6 is 0 Å². The van der Waals surface area contributed by atoms with Crippen LogP contribution in [0.4, 0.5) is 0 Å². The molecule has 0 rings (SSSR count). The van der Waals surface area contributed by atoms with Gasteiger partial charge in [0.25, 0.3) is 0 Å². The third-order valence-corrected chi connectivity index (χ3v) is 0. The highest BCUT2D eigenvalue weighted by molar-refractivity contribution is 2.51. The van der Waals surface area contributed by atoms with Gasteiger partial charge in [-0.05, 0) is 0 Å². The second kappa shape index (κ2) is 0. The van der Waals surface area contributed by atoms with Gasteiger partial charge < -0.3 is 0 Å². The van der Waals surface area contributed by atoms with Gasteiger partial charge in [-0.3, -0.25) is 0 Å². The summed E-state index contributed by atoms with van der Waals surface area (Å²) in [4.78, 5) is 0. The minimum atomic E-state index is 0. The quantitative estimate of drug-likeness (QED) is 0.371. The molecule has 0 saturated heterocycles. The van der Waals surface area contributed by atoms with E-state index in [2.05, 4.69) is 0 Å². The van der Waals surface area contributed by atoms with Gasteiger partial charge in [0.15, 0.2) is 0 Å². The zero-order chi connectivity index (χ0) is 0. The fourth-order valence-corrected chi connectivity index (χ4v) is 0. The third-order valence-electron chi connectivity index (χ3n) is 0. The molecule has 0 aromatic carbocycles. The van der Waals surface area contributed by atoms with Crippen LogP contribution in [0, 0.1) is 0 Å². The largest absolute Gasteiger partial charge is 0.0776 e. The highest BCUT2D eigenvalue weighted by atomic mass is 12.0. The lowest BCUT2D eigenvalue weighted by Crippen LogP contribution is 0.143. The Kier molecular flexibility index (Phi) is 0. The van der Waals surface area contributed by atoms with Crippen molar-refractivity contribution >= 4 is 0 Å². The Bertz CT molecular complexity index is 9.74. The fourth-order valence-electron chi connectivity index (χ4n) is 0. The van der Waals surface area contributed by atoms with E-state index in [0.717, 1.165) is 0 Å². The van der Waals surface area contributed by atoms with E-state index >= 15 is 0 Å². The molecule has 0 aliphatic rings. The molecule has 0 radical (unpaired) electrons. The topological polar surface area (TPSA) is 0 Å². The Morgan fingerprint density at radius 3 is 0.222 bits per heavy atom. The summed E-state index contributed by atoms with van der Waals surface area (Å²) in [6.45, 7) is 0. The predicted octanol–water partition coefficient (Wildman–Crippen LogP) is 6.46. The maximum atomic E-state index is 0. The SMILES string of the molecule is C.C.C.C.C.C.C.C.C.[HH].[HH].[HH]. The first-order chi connectivity index (χ1) is 0. The summed E-state index contributed by atoms with van der Waals surface area (Å²) in [6, 6.07) is 0. The van der Waals surface area contributed by atoms with Crippen molar-refractivity contribution in [1.29, 1.82) is 0 Å². The molecular weight excluding hydrogens is 108 g/mol. The predicted molar refractivity (Wildman–Crippen MR) is 66.9 cm³/mol. The summed E-state index contributed by atoms with van der Waals surface area (Å²) in [5, 5.41) is 0. The van der Waals surface area contributed by atoms with Crippen LogP contribution in [-0.2, 0) is 0 Å². The summed E-state index contributed by atoms with van der Waals surface area (Å²) in [7, 11) is 0. The van der Waals surface area contributed by atoms with Crippen LogP contribution in [0.15, 0.2) is 0 Å². The Morgan fingerprint density at radius 1 is 0.222 bits per heavy atom. The number of rotatable bonds is 0. The average Bonchev–Trinajstić information content (AvgIpc) is 0. The van der Waals surface area contributed by atoms with E-state index in [0.29, 0.717) is 0 Å². The van der Waals surface area contributed by atoms with Gasteiger partial charge in [0.1, 0.15) is 0 Å². The fraction of sp³-hybridized carbons (Fsp3) is 1.00. The first-order valence-corrected chi connectivity index (χ1v) is 0. The van der Waals surface area contributed by atoms with Crippen LogP contribution in [0.3, 0.4) is 0 Å². The standard InChI is InChI=1S/9CH4.3H2/h9*1H4;3*1H. The lowest BCUT2D eigenvalue weighted by Gasteiger charge is -0.0786. The van der Waals surface area contributed by atoms with Crippen LogP contribution in [-0.4, -0.2) is 0 Å². The van der Waals surface area contributed by atoms with Gasteiger partial charge in [-0.2, -0.15) is 0 Å². The molecular formula is C9H42. The molecule has 0 nitrogen and oxygen atoms in total. The molecule has 0 aromatic heterocycles. The molecule has 0 aromatic rings. The molecule has 0 spiro atoms. The molecule has 0 unspecified atom stereocenters. The van der Waals surface area contributed by atoms with Crippen molar-refractivity contribution in [3.05, 3.63) is 0 Å². The highest BCUT2D eigenvalue weighted by Crippen LogP contribution is 0.152. The van der Waals surface area contributed by atoms with Crippen LogP contribution in [0.1, 0.15) is 71.1 Å². The smallest absolute Gasteiger partial charge is 0 e. The van der Waals surface area contributed by atoms with Crippen LogP contribution in [0.5, 0.6) is 0 Å². The van der Waals surface area contributed by atoms with Crippen LogP contribution in [0.2, 0.25) is 0 Å². The van der Waals surface area contributed by atoms with Gasteiger partial charge in [-0.25, -0.2) is 0 Å². The van der Waals surface area contributed by atoms with Crippen molar-refractivity contribution in [3.8, 4) is 0 Å². The Morgan fingerprint density at radius 2 is 0.222 bits per heavy atom. The van der Waals surface area contributed by atoms with Crippen molar-refractivity contribution in [2.45, 2.75) is 66.8 Å². The third kappa shape index (κ3) is 0. The van der Waals surface area contributed by atoms with E-state index in [9.17, 15) is 0 Å². The molecule has 0 amide bonds. The Labute approximate surface area is 72.2 Å². The summed E-state index contributed by atoms with van der Waals surface area (Å²) >= 11 is 0. The normalized spacial score (nSPS) is 0. The minimum Gasteiger partial charge on any atom is -0.0776 e. The lowest BCUT2D eigenvalue weighted by molar-refractivity contribution is 2.50. The minimum absolute atomic E-state index is 0. The van der Waals surface area contributed by atoms with E-state index < -0.39 is 0 Å². The van der Waals surface area contributed by atoms with E-state index in [-0.39, 0.29) is 71.1 Å². The lowest BCUT2D eigenvalue weighted by atomic mass is 12.0. The number of hydrogen-bond acceptors (Lipinski definition) is 0. The van der Waals surface area contributed by atoms with Crippen LogP contribution in [0.25, 0.3) is 0 Å². The molecule has 0 saturated carbocycles. The zero-order valence-corrected chi connectivity index (χ0v) is 0. The van der Waals surface area contributed by atoms with Crippen molar-refractivity contribution in [2.24, 2.45) is 0 Å². The van der Waals surface area contributed by atoms with Crippen molar-refractivity contribution < 1.29 is 4.28 Å². The van der Waals surface area contributed by atoms with Gasteiger partial charge >= 0.3 is 0 Å². The first-order valence-electron chi connectivity index (χ1n) is 0. The molecule has 0 aliphatic heterocycles. The summed E-state index contributed by atoms with van der Waals surface area (Å²) in [5.41, 5.74) is 0. The molecule has 0 fully saturated rings. The van der Waals surface area contributed by atoms with E-state index in [4.69, 9.17) is 0 Å². The van der Waals surface area contributed by atoms with Crippen molar-refractivity contribution in [2.75, 3.05) is 0 Å². The average molecular weight is 150 g/mol. The van der Waals surface area contributed by atoms with E-state index in [1.54, 1.807) is 0 Å². The van der Waals surface area contributed by atoms with Gasteiger partial charge in [0.05, 0.1) is 0 Å². The molecule has 0 heterocycles. The Balaban J connectivity index is 0. The zero-order valence-electron chi connectivity index (χ0n) is 0. The monoisotopic (exact) mass is 150 g/mol. The number of hydrogen-bond donors (Lipinski definition) is 0. The second-order valence-corrected chi connectivity index (χ2v) is 0. The van der Waals surface area contributed by atoms with Crippen molar-refractivity contribution in [1.82, 2.24) is 0 Å². The Hall–Kier alpha value is 0. The molecule has 0 heteroatoms. The highest BCUT2D eigenvalue weighted by Gasteiger charge is -0.0696. The summed E-state index contributed by atoms with van der Waals surface area (Å²) in [5.74, 6) is 0. The maximum Gasteiger partial charge on any atom is 0 e. The molecule has 0 N–H and O–H groups in total. The second-order valence-electron chi connectivity index (χ2n) is 0. The molecule has 0 bridgehead atoms. The molecule has 0 atom stereocenters. The van der Waals surface area contributed by atoms with Gasteiger partial charge in [0, 0.05) is 4.28 Å².